The number of aliphatic imine (C=N–C) groups is 1. The predicted octanol–water partition coefficient (Wildman–Crippen LogP) is 1.13. The van der Waals surface area contributed by atoms with Gasteiger partial charge in [0.2, 0.25) is 0 Å². The lowest BCUT2D eigenvalue weighted by atomic mass is 10.2. The molecule has 0 saturated heterocycles. The van der Waals surface area contributed by atoms with Crippen molar-refractivity contribution in [2.45, 2.75) is 6.92 Å². The molecule has 0 radical (unpaired) electrons. The summed E-state index contributed by atoms with van der Waals surface area (Å²) in [4.78, 5) is 6.18. The molecule has 3 heteroatoms. The second-order valence-electron chi connectivity index (χ2n) is 3.23. The number of hydrogen-bond acceptors (Lipinski definition) is 3. The van der Waals surface area contributed by atoms with Gasteiger partial charge in [-0.15, -0.1) is 0 Å². The highest BCUT2D eigenvalue weighted by Gasteiger charge is 2.14. The van der Waals surface area contributed by atoms with Crippen LogP contribution in [0.2, 0.25) is 0 Å². The topological polar surface area (TPSA) is 41.6 Å². The van der Waals surface area contributed by atoms with Gasteiger partial charge < -0.3 is 10.6 Å². The Morgan fingerprint density at radius 2 is 2.31 bits per heavy atom. The molecule has 1 aliphatic rings. The van der Waals surface area contributed by atoms with Crippen molar-refractivity contribution in [3.05, 3.63) is 29.8 Å². The van der Waals surface area contributed by atoms with Gasteiger partial charge in [0.1, 0.15) is 0 Å². The first-order valence-corrected chi connectivity index (χ1v) is 4.41. The SMILES string of the molecule is Cc1cccc(N2CCN=C2N)c1. The lowest BCUT2D eigenvalue weighted by Crippen LogP contribution is -2.33. The van der Waals surface area contributed by atoms with Gasteiger partial charge in [-0.3, -0.25) is 4.99 Å². The van der Waals surface area contributed by atoms with Crippen molar-refractivity contribution in [3.8, 4) is 0 Å². The van der Waals surface area contributed by atoms with Crippen LogP contribution in [0.25, 0.3) is 0 Å². The third-order valence-corrected chi connectivity index (χ3v) is 2.19. The van der Waals surface area contributed by atoms with Crippen molar-refractivity contribution in [3.63, 3.8) is 0 Å². The molecule has 2 rings (SSSR count). The molecule has 1 aromatic rings. The van der Waals surface area contributed by atoms with E-state index in [1.54, 1.807) is 0 Å². The zero-order valence-corrected chi connectivity index (χ0v) is 7.70. The largest absolute Gasteiger partial charge is 0.370 e. The molecule has 0 unspecified atom stereocenters. The average Bonchev–Trinajstić information content (AvgIpc) is 2.51. The number of rotatable bonds is 1. The summed E-state index contributed by atoms with van der Waals surface area (Å²) in [5, 5.41) is 0. The molecule has 0 saturated carbocycles. The highest BCUT2D eigenvalue weighted by atomic mass is 15.3. The second-order valence-corrected chi connectivity index (χ2v) is 3.23. The summed E-state index contributed by atoms with van der Waals surface area (Å²) in [6.45, 7) is 3.78. The maximum atomic E-state index is 5.74. The molecule has 1 aliphatic heterocycles. The van der Waals surface area contributed by atoms with Crippen LogP contribution in [0.15, 0.2) is 29.3 Å². The lowest BCUT2D eigenvalue weighted by Gasteiger charge is -2.17. The Labute approximate surface area is 77.9 Å². The van der Waals surface area contributed by atoms with Gasteiger partial charge in [0.25, 0.3) is 0 Å². The number of nitrogens with two attached hydrogens (primary N) is 1. The summed E-state index contributed by atoms with van der Waals surface area (Å²) in [6, 6.07) is 8.29. The van der Waals surface area contributed by atoms with E-state index in [2.05, 4.69) is 30.1 Å². The van der Waals surface area contributed by atoms with Gasteiger partial charge in [-0.2, -0.15) is 0 Å². The number of guanidine groups is 1. The zero-order chi connectivity index (χ0) is 9.26. The Balaban J connectivity index is 2.30. The van der Waals surface area contributed by atoms with Gasteiger partial charge in [0.05, 0.1) is 6.54 Å². The van der Waals surface area contributed by atoms with Gasteiger partial charge in [-0.25, -0.2) is 0 Å². The molecular weight excluding hydrogens is 162 g/mol. The molecule has 3 nitrogen and oxygen atoms in total. The third kappa shape index (κ3) is 1.49. The van der Waals surface area contributed by atoms with Crippen molar-refractivity contribution < 1.29 is 0 Å². The van der Waals surface area contributed by atoms with Crippen LogP contribution in [0, 0.1) is 6.92 Å². The number of hydrogen-bond donors (Lipinski definition) is 1. The average molecular weight is 175 g/mol. The van der Waals surface area contributed by atoms with Crippen LogP contribution in [0.1, 0.15) is 5.56 Å². The lowest BCUT2D eigenvalue weighted by molar-refractivity contribution is 1.02. The van der Waals surface area contributed by atoms with Gasteiger partial charge in [0.15, 0.2) is 5.96 Å². The summed E-state index contributed by atoms with van der Waals surface area (Å²) in [5.74, 6) is 0.630. The number of nitrogens with zero attached hydrogens (tertiary/aromatic N) is 2. The molecule has 0 atom stereocenters. The van der Waals surface area contributed by atoms with Crippen LogP contribution in [-0.4, -0.2) is 19.0 Å². The van der Waals surface area contributed by atoms with Crippen LogP contribution >= 0.6 is 0 Å². The fraction of sp³-hybridized carbons (Fsp3) is 0.300. The standard InChI is InChI=1S/C10H13N3/c1-8-3-2-4-9(7-8)13-6-5-12-10(13)11/h2-4,7H,5-6H2,1H3,(H2,11,12). The molecule has 0 amide bonds. The van der Waals surface area contributed by atoms with Crippen LogP contribution in [0.4, 0.5) is 5.69 Å². The minimum absolute atomic E-state index is 0.630. The van der Waals surface area contributed by atoms with E-state index in [9.17, 15) is 0 Å². The van der Waals surface area contributed by atoms with Crippen molar-refractivity contribution >= 4 is 11.6 Å². The summed E-state index contributed by atoms with van der Waals surface area (Å²) < 4.78 is 0. The minimum Gasteiger partial charge on any atom is -0.370 e. The molecule has 1 heterocycles. The van der Waals surface area contributed by atoms with Crippen molar-refractivity contribution in [2.75, 3.05) is 18.0 Å². The summed E-state index contributed by atoms with van der Waals surface area (Å²) in [6.07, 6.45) is 0. The molecular formula is C10H13N3. The number of anilines is 1. The Morgan fingerprint density at radius 3 is 2.92 bits per heavy atom. The molecule has 0 aliphatic carbocycles. The molecule has 68 valence electrons. The van der Waals surface area contributed by atoms with Crippen LogP contribution in [-0.2, 0) is 0 Å². The zero-order valence-electron chi connectivity index (χ0n) is 7.70. The van der Waals surface area contributed by atoms with Crippen molar-refractivity contribution in [1.29, 1.82) is 0 Å². The normalized spacial score (nSPS) is 16.1. The first-order chi connectivity index (χ1) is 6.27. The highest BCUT2D eigenvalue weighted by molar-refractivity contribution is 5.96. The second kappa shape index (κ2) is 3.09. The van der Waals surface area contributed by atoms with Crippen LogP contribution in [0.3, 0.4) is 0 Å². The molecule has 0 aromatic heterocycles. The van der Waals surface area contributed by atoms with Gasteiger partial charge in [-0.1, -0.05) is 12.1 Å². The summed E-state index contributed by atoms with van der Waals surface area (Å²) in [7, 11) is 0. The van der Waals surface area contributed by atoms with E-state index >= 15 is 0 Å². The maximum Gasteiger partial charge on any atom is 0.195 e. The van der Waals surface area contributed by atoms with Crippen molar-refractivity contribution in [2.24, 2.45) is 10.7 Å². The Kier molecular flexibility index (Phi) is 1.93. The summed E-state index contributed by atoms with van der Waals surface area (Å²) in [5.41, 5.74) is 8.12. The van der Waals surface area contributed by atoms with Gasteiger partial charge in [-0.05, 0) is 24.6 Å². The number of benzene rings is 1. The molecule has 0 bridgehead atoms. The maximum absolute atomic E-state index is 5.74. The van der Waals surface area contributed by atoms with Gasteiger partial charge in [0, 0.05) is 12.2 Å². The van der Waals surface area contributed by atoms with Gasteiger partial charge >= 0.3 is 0 Å². The monoisotopic (exact) mass is 175 g/mol. The first kappa shape index (κ1) is 8.10. The minimum atomic E-state index is 0.630. The highest BCUT2D eigenvalue weighted by Crippen LogP contribution is 2.17. The Bertz CT molecular complexity index is 344. The summed E-state index contributed by atoms with van der Waals surface area (Å²) >= 11 is 0. The Hall–Kier alpha value is -1.51. The fourth-order valence-corrected chi connectivity index (χ4v) is 1.52. The van der Waals surface area contributed by atoms with Crippen LogP contribution < -0.4 is 10.6 Å². The quantitative estimate of drug-likeness (QED) is 0.695. The van der Waals surface area contributed by atoms with E-state index in [4.69, 9.17) is 5.73 Å². The van der Waals surface area contributed by atoms with Crippen LogP contribution in [0.5, 0.6) is 0 Å². The van der Waals surface area contributed by atoms with Crippen molar-refractivity contribution in [1.82, 2.24) is 0 Å². The van der Waals surface area contributed by atoms with E-state index in [0.717, 1.165) is 18.8 Å². The number of aryl methyl sites for hydroxylation is 1. The molecule has 0 spiro atoms. The van der Waals surface area contributed by atoms with E-state index in [-0.39, 0.29) is 0 Å². The van der Waals surface area contributed by atoms with E-state index in [1.807, 2.05) is 11.0 Å². The van der Waals surface area contributed by atoms with E-state index in [0.29, 0.717) is 5.96 Å². The van der Waals surface area contributed by atoms with E-state index < -0.39 is 0 Å². The Morgan fingerprint density at radius 1 is 1.46 bits per heavy atom. The molecule has 2 N–H and O–H groups in total. The molecule has 1 aromatic carbocycles. The van der Waals surface area contributed by atoms with E-state index in [1.165, 1.54) is 5.56 Å². The predicted molar refractivity (Wildman–Crippen MR) is 55.0 cm³/mol. The first-order valence-electron chi connectivity index (χ1n) is 4.41. The third-order valence-electron chi connectivity index (χ3n) is 2.19. The molecule has 0 fully saturated rings. The fourth-order valence-electron chi connectivity index (χ4n) is 1.52. The smallest absolute Gasteiger partial charge is 0.195 e. The molecule has 13 heavy (non-hydrogen) atoms.